The van der Waals surface area contributed by atoms with Gasteiger partial charge in [0.2, 0.25) is 10.0 Å². The van der Waals surface area contributed by atoms with Crippen LogP contribution in [0.25, 0.3) is 0 Å². The van der Waals surface area contributed by atoms with Gasteiger partial charge in [-0.3, -0.25) is 4.99 Å². The Kier molecular flexibility index (Phi) is 8.75. The summed E-state index contributed by atoms with van der Waals surface area (Å²) in [6.45, 7) is 5.44. The van der Waals surface area contributed by atoms with E-state index in [4.69, 9.17) is 10.5 Å². The first kappa shape index (κ1) is 20.3. The smallest absolute Gasteiger partial charge is 0.215 e. The van der Waals surface area contributed by atoms with Gasteiger partial charge in [-0.25, -0.2) is 12.7 Å². The molecule has 2 saturated heterocycles. The Bertz CT molecular complexity index is 469. The van der Waals surface area contributed by atoms with Gasteiger partial charge in [0.25, 0.3) is 0 Å². The van der Waals surface area contributed by atoms with Crippen molar-refractivity contribution in [2.45, 2.75) is 13.0 Å². The standard InChI is InChI=1S/C12H24N4O3S2.HI/c1-11-10-15(3-6-19-11)12(13)14-2-9-21(17,18)16-4-7-20-8-5-16;/h11H,2-10H2,1H3,(H2,13,14);1H. The van der Waals surface area contributed by atoms with Gasteiger partial charge in [0.05, 0.1) is 25.0 Å². The summed E-state index contributed by atoms with van der Waals surface area (Å²) in [6, 6.07) is 0. The predicted octanol–water partition coefficient (Wildman–Crippen LogP) is 0.0184. The minimum atomic E-state index is -3.21. The minimum absolute atomic E-state index is 0. The molecule has 0 amide bonds. The zero-order valence-electron chi connectivity index (χ0n) is 12.8. The Balaban J connectivity index is 0.00000242. The van der Waals surface area contributed by atoms with Crippen LogP contribution in [0.2, 0.25) is 0 Å². The van der Waals surface area contributed by atoms with Crippen molar-refractivity contribution in [3.8, 4) is 0 Å². The third-order valence-electron chi connectivity index (χ3n) is 3.55. The maximum absolute atomic E-state index is 12.2. The molecule has 0 bridgehead atoms. The van der Waals surface area contributed by atoms with E-state index in [2.05, 4.69) is 4.99 Å². The van der Waals surface area contributed by atoms with Crippen molar-refractivity contribution in [1.29, 1.82) is 0 Å². The third kappa shape index (κ3) is 6.02. The Morgan fingerprint density at radius 3 is 2.68 bits per heavy atom. The van der Waals surface area contributed by atoms with Crippen LogP contribution in [0.1, 0.15) is 6.92 Å². The van der Waals surface area contributed by atoms with E-state index in [9.17, 15) is 8.42 Å². The van der Waals surface area contributed by atoms with E-state index in [0.29, 0.717) is 38.7 Å². The van der Waals surface area contributed by atoms with Crippen LogP contribution in [-0.4, -0.2) is 86.3 Å². The maximum Gasteiger partial charge on any atom is 0.215 e. The van der Waals surface area contributed by atoms with E-state index in [-0.39, 0.29) is 42.4 Å². The molecule has 1 atom stereocenters. The van der Waals surface area contributed by atoms with Gasteiger partial charge in [0, 0.05) is 37.7 Å². The van der Waals surface area contributed by atoms with E-state index in [0.717, 1.165) is 11.5 Å². The average Bonchev–Trinajstić information content (AvgIpc) is 2.48. The van der Waals surface area contributed by atoms with Crippen LogP contribution in [0.15, 0.2) is 4.99 Å². The van der Waals surface area contributed by atoms with Gasteiger partial charge >= 0.3 is 0 Å². The monoisotopic (exact) mass is 464 g/mol. The van der Waals surface area contributed by atoms with Crippen molar-refractivity contribution in [2.24, 2.45) is 10.7 Å². The van der Waals surface area contributed by atoms with Crippen molar-refractivity contribution in [3.05, 3.63) is 0 Å². The number of nitrogens with zero attached hydrogens (tertiary/aromatic N) is 3. The van der Waals surface area contributed by atoms with Gasteiger partial charge in [-0.15, -0.1) is 24.0 Å². The van der Waals surface area contributed by atoms with Crippen LogP contribution in [0, 0.1) is 0 Å². The van der Waals surface area contributed by atoms with E-state index < -0.39 is 10.0 Å². The molecule has 22 heavy (non-hydrogen) atoms. The highest BCUT2D eigenvalue weighted by atomic mass is 127. The lowest BCUT2D eigenvalue weighted by atomic mass is 10.3. The van der Waals surface area contributed by atoms with E-state index in [1.54, 1.807) is 16.1 Å². The van der Waals surface area contributed by atoms with Gasteiger partial charge in [-0.2, -0.15) is 11.8 Å². The molecule has 2 aliphatic rings. The number of ether oxygens (including phenoxy) is 1. The molecule has 0 saturated carbocycles. The summed E-state index contributed by atoms with van der Waals surface area (Å²) < 4.78 is 31.3. The molecule has 2 fully saturated rings. The summed E-state index contributed by atoms with van der Waals surface area (Å²) in [5, 5.41) is 0. The highest BCUT2D eigenvalue weighted by molar-refractivity contribution is 14.0. The van der Waals surface area contributed by atoms with Gasteiger partial charge in [-0.05, 0) is 6.92 Å². The molecule has 7 nitrogen and oxygen atoms in total. The molecule has 130 valence electrons. The number of hydrogen-bond donors (Lipinski definition) is 1. The quantitative estimate of drug-likeness (QED) is 0.359. The summed E-state index contributed by atoms with van der Waals surface area (Å²) in [5.74, 6) is 2.18. The zero-order valence-corrected chi connectivity index (χ0v) is 16.8. The lowest BCUT2D eigenvalue weighted by Crippen LogP contribution is -2.48. The van der Waals surface area contributed by atoms with Crippen LogP contribution < -0.4 is 5.73 Å². The number of nitrogens with two attached hydrogens (primary N) is 1. The van der Waals surface area contributed by atoms with Crippen LogP contribution >= 0.6 is 35.7 Å². The SMILES string of the molecule is CC1CN(C(N)=NCCS(=O)(=O)N2CCSCC2)CCO1.I. The molecular formula is C12H25IN4O3S2. The van der Waals surface area contributed by atoms with E-state index in [1.165, 1.54) is 0 Å². The second-order valence-electron chi connectivity index (χ2n) is 5.19. The number of guanidine groups is 1. The summed E-state index contributed by atoms with van der Waals surface area (Å²) in [5.41, 5.74) is 5.93. The number of halogens is 1. The summed E-state index contributed by atoms with van der Waals surface area (Å²) in [6.07, 6.45) is 0.127. The predicted molar refractivity (Wildman–Crippen MR) is 102 cm³/mol. The first-order valence-corrected chi connectivity index (χ1v) is 9.97. The molecule has 0 aromatic heterocycles. The van der Waals surface area contributed by atoms with Gasteiger partial charge < -0.3 is 15.4 Å². The van der Waals surface area contributed by atoms with Crippen molar-refractivity contribution >= 4 is 51.7 Å². The molecule has 2 heterocycles. The fraction of sp³-hybridized carbons (Fsp3) is 0.917. The molecular weight excluding hydrogens is 439 g/mol. The number of rotatable bonds is 4. The number of hydrogen-bond acceptors (Lipinski definition) is 5. The number of morpholine rings is 1. The zero-order chi connectivity index (χ0) is 15.3. The van der Waals surface area contributed by atoms with E-state index in [1.807, 2.05) is 11.8 Å². The molecule has 2 rings (SSSR count). The second kappa shape index (κ2) is 9.50. The van der Waals surface area contributed by atoms with Crippen molar-refractivity contribution in [2.75, 3.05) is 56.6 Å². The fourth-order valence-electron chi connectivity index (χ4n) is 2.36. The van der Waals surface area contributed by atoms with Gasteiger partial charge in [0.1, 0.15) is 0 Å². The van der Waals surface area contributed by atoms with Crippen LogP contribution in [-0.2, 0) is 14.8 Å². The van der Waals surface area contributed by atoms with Crippen molar-refractivity contribution in [3.63, 3.8) is 0 Å². The summed E-state index contributed by atoms with van der Waals surface area (Å²) in [7, 11) is -3.21. The molecule has 2 aliphatic heterocycles. The molecule has 10 heteroatoms. The van der Waals surface area contributed by atoms with Crippen LogP contribution in [0.5, 0.6) is 0 Å². The lowest BCUT2D eigenvalue weighted by Gasteiger charge is -2.31. The topological polar surface area (TPSA) is 88.2 Å². The highest BCUT2D eigenvalue weighted by Crippen LogP contribution is 2.13. The Hall–Kier alpha value is 0.220. The Morgan fingerprint density at radius 1 is 1.36 bits per heavy atom. The van der Waals surface area contributed by atoms with Crippen molar-refractivity contribution in [1.82, 2.24) is 9.21 Å². The van der Waals surface area contributed by atoms with Crippen LogP contribution in [0.4, 0.5) is 0 Å². The van der Waals surface area contributed by atoms with Gasteiger partial charge in [-0.1, -0.05) is 0 Å². The Labute approximate surface area is 154 Å². The molecule has 1 unspecified atom stereocenters. The lowest BCUT2D eigenvalue weighted by molar-refractivity contribution is 0.00531. The first-order chi connectivity index (χ1) is 9.99. The number of sulfonamides is 1. The number of thioether (sulfide) groups is 1. The Morgan fingerprint density at radius 2 is 2.05 bits per heavy atom. The normalized spacial score (nSPS) is 24.9. The first-order valence-electron chi connectivity index (χ1n) is 7.21. The third-order valence-corrected chi connectivity index (χ3v) is 6.34. The van der Waals surface area contributed by atoms with Crippen molar-refractivity contribution < 1.29 is 13.2 Å². The highest BCUT2D eigenvalue weighted by Gasteiger charge is 2.24. The maximum atomic E-state index is 12.2. The number of aliphatic imine (C=N–C) groups is 1. The second-order valence-corrected chi connectivity index (χ2v) is 8.51. The van der Waals surface area contributed by atoms with Crippen LogP contribution in [0.3, 0.4) is 0 Å². The molecule has 0 aromatic carbocycles. The molecule has 0 spiro atoms. The summed E-state index contributed by atoms with van der Waals surface area (Å²) in [4.78, 5) is 6.16. The van der Waals surface area contributed by atoms with Gasteiger partial charge in [0.15, 0.2) is 5.96 Å². The summed E-state index contributed by atoms with van der Waals surface area (Å²) >= 11 is 1.79. The minimum Gasteiger partial charge on any atom is -0.375 e. The fourth-order valence-corrected chi connectivity index (χ4v) is 4.81. The molecule has 2 N–H and O–H groups in total. The van der Waals surface area contributed by atoms with E-state index >= 15 is 0 Å². The largest absolute Gasteiger partial charge is 0.375 e. The average molecular weight is 464 g/mol. The molecule has 0 aliphatic carbocycles. The molecule has 0 aromatic rings. The molecule has 0 radical (unpaired) electrons.